The number of pyridine rings is 2. The quantitative estimate of drug-likeness (QED) is 0.298. The Balaban J connectivity index is 1.32. The molecule has 4 N–H and O–H groups in total. The Morgan fingerprint density at radius 3 is 2.25 bits per heavy atom. The number of hydrogen-bond donors (Lipinski definition) is 3. The van der Waals surface area contributed by atoms with E-state index in [1.165, 1.54) is 24.1 Å². The van der Waals surface area contributed by atoms with E-state index in [9.17, 15) is 0 Å². The van der Waals surface area contributed by atoms with Gasteiger partial charge in [0.15, 0.2) is 0 Å². The largest absolute Gasteiger partial charge is 0.402 e. The van der Waals surface area contributed by atoms with Crippen LogP contribution in [0.3, 0.4) is 0 Å². The van der Waals surface area contributed by atoms with E-state index in [1.807, 2.05) is 36.4 Å². The zero-order chi connectivity index (χ0) is 24.5. The lowest BCUT2D eigenvalue weighted by Gasteiger charge is -2.18. The summed E-state index contributed by atoms with van der Waals surface area (Å²) < 4.78 is 0. The topological polar surface area (TPSA) is 104 Å². The van der Waals surface area contributed by atoms with Gasteiger partial charge in [-0.1, -0.05) is 30.3 Å². The van der Waals surface area contributed by atoms with Gasteiger partial charge in [0.1, 0.15) is 5.69 Å². The number of nitrogens with zero attached hydrogens (tertiary/aromatic N) is 3. The van der Waals surface area contributed by atoms with Crippen molar-refractivity contribution in [2.24, 2.45) is 5.73 Å². The summed E-state index contributed by atoms with van der Waals surface area (Å²) in [5.74, 6) is 0. The van der Waals surface area contributed by atoms with Crippen molar-refractivity contribution in [3.63, 3.8) is 0 Å². The van der Waals surface area contributed by atoms with Gasteiger partial charge in [-0.2, -0.15) is 5.10 Å². The molecule has 0 radical (unpaired) electrons. The number of hydrogen-bond acceptors (Lipinski definition) is 5. The maximum atomic E-state index is 8.73. The molecule has 0 unspecified atom stereocenters. The average molecular weight is 475 g/mol. The van der Waals surface area contributed by atoms with Crippen molar-refractivity contribution in [1.29, 1.82) is 5.41 Å². The van der Waals surface area contributed by atoms with E-state index in [0.717, 1.165) is 83.7 Å². The van der Waals surface area contributed by atoms with Crippen LogP contribution in [0.5, 0.6) is 0 Å². The molecule has 1 aromatic carbocycles. The number of aromatic nitrogens is 4. The molecule has 0 aliphatic heterocycles. The van der Waals surface area contributed by atoms with Crippen LogP contribution >= 0.6 is 0 Å². The maximum absolute atomic E-state index is 8.73. The van der Waals surface area contributed by atoms with Gasteiger partial charge >= 0.3 is 0 Å². The number of nitrogens with one attached hydrogen (secondary N) is 2. The lowest BCUT2D eigenvalue weighted by Crippen LogP contribution is -2.16. The predicted octanol–water partition coefficient (Wildman–Crippen LogP) is 6.23. The third kappa shape index (κ3) is 4.24. The van der Waals surface area contributed by atoms with E-state index >= 15 is 0 Å². The number of rotatable bonds is 5. The highest BCUT2D eigenvalue weighted by Crippen LogP contribution is 2.31. The first-order valence-electron chi connectivity index (χ1n) is 12.9. The smallest absolute Gasteiger partial charge is 0.114 e. The molecule has 180 valence electrons. The summed E-state index contributed by atoms with van der Waals surface area (Å²) >= 11 is 0. The van der Waals surface area contributed by atoms with E-state index in [4.69, 9.17) is 21.1 Å². The lowest BCUT2D eigenvalue weighted by molar-refractivity contribution is 0.675. The zero-order valence-corrected chi connectivity index (χ0v) is 20.3. The molecule has 6 rings (SSSR count). The molecule has 3 heterocycles. The molecule has 36 heavy (non-hydrogen) atoms. The lowest BCUT2D eigenvalue weighted by atomic mass is 9.91. The highest BCUT2D eigenvalue weighted by atomic mass is 15.1. The highest BCUT2D eigenvalue weighted by Gasteiger charge is 2.20. The van der Waals surface area contributed by atoms with E-state index in [0.29, 0.717) is 11.4 Å². The summed E-state index contributed by atoms with van der Waals surface area (Å²) in [6.45, 7) is 0. The molecule has 4 aromatic rings. The second kappa shape index (κ2) is 9.53. The van der Waals surface area contributed by atoms with Crippen molar-refractivity contribution in [2.75, 3.05) is 0 Å². The van der Waals surface area contributed by atoms with Crippen molar-refractivity contribution in [2.45, 2.75) is 51.4 Å². The fourth-order valence-electron chi connectivity index (χ4n) is 5.36. The third-order valence-electron chi connectivity index (χ3n) is 7.32. The number of allylic oxidation sites excluding steroid dienone is 2. The number of aryl methyl sites for hydroxylation is 1. The Bertz CT molecular complexity index is 1480. The summed E-state index contributed by atoms with van der Waals surface area (Å²) in [5, 5.41) is 16.6. The Kier molecular flexibility index (Phi) is 5.93. The number of H-pyrrole nitrogens is 1. The first kappa shape index (κ1) is 22.4. The van der Waals surface area contributed by atoms with E-state index in [2.05, 4.69) is 34.5 Å². The van der Waals surface area contributed by atoms with Crippen molar-refractivity contribution < 1.29 is 0 Å². The first-order valence-corrected chi connectivity index (χ1v) is 12.9. The van der Waals surface area contributed by atoms with Crippen LogP contribution in [-0.4, -0.2) is 25.9 Å². The SMILES string of the molecule is N=C(C1=C(N)CCCC1)c1cccc(-c2cccc(-c3cccc(-c4n[nH]c5c4CCCC5)n3)c2)n1. The maximum Gasteiger partial charge on any atom is 0.114 e. The molecular formula is C30H30N6. The molecule has 0 fully saturated rings. The average Bonchev–Trinajstić information content (AvgIpc) is 3.38. The molecule has 0 spiro atoms. The van der Waals surface area contributed by atoms with Crippen LogP contribution in [0.15, 0.2) is 71.9 Å². The van der Waals surface area contributed by atoms with Gasteiger partial charge < -0.3 is 5.73 Å². The van der Waals surface area contributed by atoms with Gasteiger partial charge in [-0.25, -0.2) is 9.97 Å². The number of nitrogens with two attached hydrogens (primary N) is 1. The number of benzene rings is 1. The highest BCUT2D eigenvalue weighted by molar-refractivity contribution is 6.10. The number of fused-ring (bicyclic) bond motifs is 1. The van der Waals surface area contributed by atoms with Gasteiger partial charge in [-0.3, -0.25) is 10.5 Å². The van der Waals surface area contributed by atoms with Crippen molar-refractivity contribution in [1.82, 2.24) is 20.2 Å². The molecule has 0 saturated carbocycles. The monoisotopic (exact) mass is 474 g/mol. The molecular weight excluding hydrogens is 444 g/mol. The van der Waals surface area contributed by atoms with Crippen LogP contribution in [0.25, 0.3) is 33.9 Å². The molecule has 0 atom stereocenters. The van der Waals surface area contributed by atoms with Crippen LogP contribution in [0, 0.1) is 5.41 Å². The molecule has 6 nitrogen and oxygen atoms in total. The zero-order valence-electron chi connectivity index (χ0n) is 20.3. The summed E-state index contributed by atoms with van der Waals surface area (Å²) in [6, 6.07) is 20.3. The van der Waals surface area contributed by atoms with Crippen LogP contribution in [0.4, 0.5) is 0 Å². The van der Waals surface area contributed by atoms with Gasteiger partial charge in [0.25, 0.3) is 0 Å². The minimum absolute atomic E-state index is 0.446. The van der Waals surface area contributed by atoms with Crippen LogP contribution < -0.4 is 5.73 Å². The van der Waals surface area contributed by atoms with E-state index < -0.39 is 0 Å². The van der Waals surface area contributed by atoms with E-state index in [1.54, 1.807) is 0 Å². The predicted molar refractivity (Wildman–Crippen MR) is 144 cm³/mol. The third-order valence-corrected chi connectivity index (χ3v) is 7.32. The Labute approximate surface area is 211 Å². The minimum Gasteiger partial charge on any atom is -0.402 e. The van der Waals surface area contributed by atoms with Crippen molar-refractivity contribution >= 4 is 5.71 Å². The molecule has 6 heteroatoms. The van der Waals surface area contributed by atoms with Gasteiger partial charge in [-0.05, 0) is 87.3 Å². The molecule has 2 aliphatic rings. The van der Waals surface area contributed by atoms with Gasteiger partial charge in [0.05, 0.1) is 28.5 Å². The summed E-state index contributed by atoms with van der Waals surface area (Å²) in [7, 11) is 0. The second-order valence-corrected chi connectivity index (χ2v) is 9.72. The standard InChI is InChI=1S/C30H30N6/c31-23-12-3-1-10-21(23)29(32)27-16-6-14-24(33-27)19-8-5-9-20(18-19)25-15-7-17-28(34-25)30-22-11-2-4-13-26(22)35-36-30/h5-9,14-18,32H,1-4,10-13,31H2,(H,35,36). The van der Waals surface area contributed by atoms with Crippen LogP contribution in [0.2, 0.25) is 0 Å². The molecule has 0 bridgehead atoms. The normalized spacial score (nSPS) is 15.6. The van der Waals surface area contributed by atoms with Gasteiger partial charge in [0, 0.05) is 28.1 Å². The second-order valence-electron chi connectivity index (χ2n) is 9.72. The summed E-state index contributed by atoms with van der Waals surface area (Å²) in [6.07, 6.45) is 8.44. The Hall–Kier alpha value is -4.06. The number of aromatic amines is 1. The Morgan fingerprint density at radius 2 is 1.42 bits per heavy atom. The van der Waals surface area contributed by atoms with Gasteiger partial charge in [-0.15, -0.1) is 0 Å². The molecule has 0 amide bonds. The Morgan fingerprint density at radius 1 is 0.750 bits per heavy atom. The van der Waals surface area contributed by atoms with Crippen molar-refractivity contribution in [3.8, 4) is 33.9 Å². The van der Waals surface area contributed by atoms with Crippen LogP contribution in [-0.2, 0) is 12.8 Å². The van der Waals surface area contributed by atoms with E-state index in [-0.39, 0.29) is 0 Å². The molecule has 3 aromatic heterocycles. The van der Waals surface area contributed by atoms with Crippen LogP contribution in [0.1, 0.15) is 55.5 Å². The summed E-state index contributed by atoms with van der Waals surface area (Å²) in [4.78, 5) is 9.83. The molecule has 0 saturated heterocycles. The fourth-order valence-corrected chi connectivity index (χ4v) is 5.36. The summed E-state index contributed by atoms with van der Waals surface area (Å²) in [5.41, 5.74) is 17.4. The van der Waals surface area contributed by atoms with Crippen molar-refractivity contribution in [3.05, 3.63) is 88.9 Å². The first-order chi connectivity index (χ1) is 17.7. The fraction of sp³-hybridized carbons (Fsp3) is 0.267. The molecule has 2 aliphatic carbocycles. The minimum atomic E-state index is 0.446. The van der Waals surface area contributed by atoms with Gasteiger partial charge in [0.2, 0.25) is 0 Å².